The number of hydrogen-bond acceptors (Lipinski definition) is 2. The van der Waals surface area contributed by atoms with Gasteiger partial charge in [0.05, 0.1) is 0 Å². The lowest BCUT2D eigenvalue weighted by atomic mass is 10.1. The van der Waals surface area contributed by atoms with Crippen molar-refractivity contribution >= 4 is 35.8 Å². The van der Waals surface area contributed by atoms with Crippen molar-refractivity contribution in [3.8, 4) is 0 Å². The van der Waals surface area contributed by atoms with Crippen LogP contribution in [0.5, 0.6) is 0 Å². The fraction of sp³-hybridized carbons (Fsp3) is 0.294. The van der Waals surface area contributed by atoms with E-state index in [9.17, 15) is 0 Å². The maximum absolute atomic E-state index is 5.86. The molecule has 114 valence electrons. The molecule has 0 bridgehead atoms. The summed E-state index contributed by atoms with van der Waals surface area (Å²) in [6.07, 6.45) is 2.28. The first-order chi connectivity index (χ1) is 9.84. The first-order valence-electron chi connectivity index (χ1n) is 6.97. The summed E-state index contributed by atoms with van der Waals surface area (Å²) in [5.74, 6) is 1.14. The second-order valence-corrected chi connectivity index (χ2v) is 6.25. The molecule has 0 aliphatic heterocycles. The van der Waals surface area contributed by atoms with Crippen LogP contribution in [0.4, 0.5) is 0 Å². The minimum atomic E-state index is 0. The van der Waals surface area contributed by atoms with Gasteiger partial charge in [0.1, 0.15) is 0 Å². The van der Waals surface area contributed by atoms with Gasteiger partial charge >= 0.3 is 0 Å². The topological polar surface area (TPSA) is 12.0 Å². The molecule has 0 heterocycles. The van der Waals surface area contributed by atoms with Gasteiger partial charge in [-0.15, -0.1) is 24.2 Å². The van der Waals surface area contributed by atoms with E-state index in [1.807, 2.05) is 23.9 Å². The maximum Gasteiger partial charge on any atom is 0.0406 e. The Kier molecular flexibility index (Phi) is 9.60. The highest BCUT2D eigenvalue weighted by Crippen LogP contribution is 2.20. The Hall–Kier alpha value is -0.670. The lowest BCUT2D eigenvalue weighted by molar-refractivity contribution is 0.674. The molecule has 4 heteroatoms. The van der Waals surface area contributed by atoms with Gasteiger partial charge in [-0.3, -0.25) is 0 Å². The van der Waals surface area contributed by atoms with Crippen LogP contribution in [0, 0.1) is 0 Å². The molecular formula is C17H21Cl2NS. The van der Waals surface area contributed by atoms with Crippen molar-refractivity contribution in [3.05, 3.63) is 65.2 Å². The number of nitrogens with one attached hydrogen (secondary N) is 1. The average Bonchev–Trinajstić information content (AvgIpc) is 2.49. The Balaban J connectivity index is 0.00000220. The van der Waals surface area contributed by atoms with E-state index in [-0.39, 0.29) is 12.4 Å². The number of hydrogen-bond donors (Lipinski definition) is 1. The van der Waals surface area contributed by atoms with Crippen LogP contribution in [0.3, 0.4) is 0 Å². The van der Waals surface area contributed by atoms with E-state index in [1.165, 1.54) is 16.9 Å². The largest absolute Gasteiger partial charge is 0.316 e. The summed E-state index contributed by atoms with van der Waals surface area (Å²) in [7, 11) is 0. The number of rotatable bonds is 8. The maximum atomic E-state index is 5.86. The first kappa shape index (κ1) is 18.4. The van der Waals surface area contributed by atoms with Gasteiger partial charge in [0.2, 0.25) is 0 Å². The van der Waals surface area contributed by atoms with Crippen molar-refractivity contribution in [1.82, 2.24) is 5.32 Å². The molecular weight excluding hydrogens is 321 g/mol. The molecule has 0 fully saturated rings. The van der Waals surface area contributed by atoms with E-state index in [0.717, 1.165) is 30.3 Å². The zero-order chi connectivity index (χ0) is 14.0. The number of thioether (sulfide) groups is 1. The standard InChI is InChI=1S/C17H20ClNS.ClH/c18-16-7-9-17(10-8-16)20-14-4-12-19-13-11-15-5-2-1-3-6-15;/h1-3,5-10,19H,4,11-14H2;1H. The van der Waals surface area contributed by atoms with E-state index in [1.54, 1.807) is 0 Å². The molecule has 0 radical (unpaired) electrons. The zero-order valence-electron chi connectivity index (χ0n) is 11.9. The molecule has 2 aromatic carbocycles. The minimum Gasteiger partial charge on any atom is -0.316 e. The molecule has 0 aliphatic rings. The molecule has 2 rings (SSSR count). The molecule has 0 amide bonds. The Labute approximate surface area is 142 Å². The molecule has 1 nitrogen and oxygen atoms in total. The number of benzene rings is 2. The first-order valence-corrected chi connectivity index (χ1v) is 8.34. The van der Waals surface area contributed by atoms with Crippen LogP contribution < -0.4 is 5.32 Å². The van der Waals surface area contributed by atoms with Crippen molar-refractivity contribution in [1.29, 1.82) is 0 Å². The fourth-order valence-corrected chi connectivity index (χ4v) is 2.90. The summed E-state index contributed by atoms with van der Waals surface area (Å²) < 4.78 is 0. The third kappa shape index (κ3) is 7.77. The summed E-state index contributed by atoms with van der Waals surface area (Å²) >= 11 is 7.75. The zero-order valence-corrected chi connectivity index (χ0v) is 14.3. The second-order valence-electron chi connectivity index (χ2n) is 4.64. The van der Waals surface area contributed by atoms with E-state index in [0.29, 0.717) is 0 Å². The summed E-state index contributed by atoms with van der Waals surface area (Å²) in [6.45, 7) is 2.13. The number of halogens is 2. The second kappa shape index (κ2) is 11.0. The molecule has 0 saturated heterocycles. The van der Waals surface area contributed by atoms with Crippen LogP contribution in [-0.4, -0.2) is 18.8 Å². The Morgan fingerprint density at radius 1 is 0.905 bits per heavy atom. The molecule has 1 N–H and O–H groups in total. The van der Waals surface area contributed by atoms with Crippen LogP contribution in [0.1, 0.15) is 12.0 Å². The SMILES string of the molecule is Cl.Clc1ccc(SCCCNCCc2ccccc2)cc1. The van der Waals surface area contributed by atoms with Crippen LogP contribution in [0.2, 0.25) is 5.02 Å². The monoisotopic (exact) mass is 341 g/mol. The molecule has 2 aromatic rings. The van der Waals surface area contributed by atoms with Crippen molar-refractivity contribution in [2.24, 2.45) is 0 Å². The van der Waals surface area contributed by atoms with Crippen molar-refractivity contribution in [2.45, 2.75) is 17.7 Å². The Bertz CT molecular complexity index is 488. The highest BCUT2D eigenvalue weighted by atomic mass is 35.5. The summed E-state index contributed by atoms with van der Waals surface area (Å²) in [5.41, 5.74) is 1.40. The lowest BCUT2D eigenvalue weighted by Gasteiger charge is -2.05. The molecule has 0 saturated carbocycles. The smallest absolute Gasteiger partial charge is 0.0406 e. The fourth-order valence-electron chi connectivity index (χ4n) is 1.92. The average molecular weight is 342 g/mol. The van der Waals surface area contributed by atoms with Crippen LogP contribution in [0.25, 0.3) is 0 Å². The molecule has 0 atom stereocenters. The van der Waals surface area contributed by atoms with E-state index < -0.39 is 0 Å². The quantitative estimate of drug-likeness (QED) is 0.531. The van der Waals surface area contributed by atoms with E-state index in [4.69, 9.17) is 11.6 Å². The van der Waals surface area contributed by atoms with Crippen LogP contribution >= 0.6 is 35.8 Å². The van der Waals surface area contributed by atoms with Gasteiger partial charge in [0.25, 0.3) is 0 Å². The van der Waals surface area contributed by atoms with Gasteiger partial charge in [-0.05, 0) is 61.5 Å². The van der Waals surface area contributed by atoms with Gasteiger partial charge in [0.15, 0.2) is 0 Å². The third-order valence-electron chi connectivity index (χ3n) is 3.01. The highest BCUT2D eigenvalue weighted by Gasteiger charge is 1.95. The van der Waals surface area contributed by atoms with Crippen LogP contribution in [-0.2, 0) is 6.42 Å². The predicted octanol–water partition coefficient (Wildman–Crippen LogP) is 5.08. The molecule has 0 spiro atoms. The third-order valence-corrected chi connectivity index (χ3v) is 4.36. The summed E-state index contributed by atoms with van der Waals surface area (Å²) in [4.78, 5) is 1.29. The summed E-state index contributed by atoms with van der Waals surface area (Å²) in [6, 6.07) is 18.7. The van der Waals surface area contributed by atoms with Crippen molar-refractivity contribution in [2.75, 3.05) is 18.8 Å². The van der Waals surface area contributed by atoms with Gasteiger partial charge < -0.3 is 5.32 Å². The van der Waals surface area contributed by atoms with Crippen LogP contribution in [0.15, 0.2) is 59.5 Å². The van der Waals surface area contributed by atoms with Gasteiger partial charge in [-0.25, -0.2) is 0 Å². The Morgan fingerprint density at radius 2 is 1.62 bits per heavy atom. The molecule has 21 heavy (non-hydrogen) atoms. The van der Waals surface area contributed by atoms with Gasteiger partial charge in [-0.2, -0.15) is 0 Å². The molecule has 0 unspecified atom stereocenters. The van der Waals surface area contributed by atoms with Gasteiger partial charge in [0, 0.05) is 9.92 Å². The van der Waals surface area contributed by atoms with E-state index in [2.05, 4.69) is 47.8 Å². The Morgan fingerprint density at radius 3 is 2.33 bits per heavy atom. The van der Waals surface area contributed by atoms with Crippen molar-refractivity contribution in [3.63, 3.8) is 0 Å². The normalized spacial score (nSPS) is 10.1. The summed E-state index contributed by atoms with van der Waals surface area (Å²) in [5, 5.41) is 4.30. The van der Waals surface area contributed by atoms with Gasteiger partial charge in [-0.1, -0.05) is 41.9 Å². The molecule has 0 aliphatic carbocycles. The molecule has 0 aromatic heterocycles. The predicted molar refractivity (Wildman–Crippen MR) is 97.1 cm³/mol. The van der Waals surface area contributed by atoms with Crippen molar-refractivity contribution < 1.29 is 0 Å². The lowest BCUT2D eigenvalue weighted by Crippen LogP contribution is -2.18. The van der Waals surface area contributed by atoms with E-state index >= 15 is 0 Å². The highest BCUT2D eigenvalue weighted by molar-refractivity contribution is 7.99. The minimum absolute atomic E-state index is 0.